The summed E-state index contributed by atoms with van der Waals surface area (Å²) in [6, 6.07) is 2.14. The van der Waals surface area contributed by atoms with E-state index in [1.165, 1.54) is 15.2 Å². The number of hydrogen-bond donors (Lipinski definition) is 0. The molecule has 0 amide bonds. The standard InChI is InChI=1S/C10H16BNO2S/c1-7-9(11)4-8(15-7)5-12-6-10(13-2)14-3/h4-5,10H,6,11H2,1-3H3/b12-5+. The Morgan fingerprint density at radius 3 is 2.67 bits per heavy atom. The average Bonchev–Trinajstić information content (AvgIpc) is 2.53. The van der Waals surface area contributed by atoms with Crippen molar-refractivity contribution in [2.75, 3.05) is 20.8 Å². The molecule has 0 aromatic carbocycles. The molecule has 1 aromatic rings. The zero-order valence-corrected chi connectivity index (χ0v) is 10.4. The third kappa shape index (κ3) is 3.78. The van der Waals surface area contributed by atoms with E-state index in [0.29, 0.717) is 6.54 Å². The highest BCUT2D eigenvalue weighted by Crippen LogP contribution is 2.09. The van der Waals surface area contributed by atoms with Crippen molar-refractivity contribution < 1.29 is 9.47 Å². The Morgan fingerprint density at radius 2 is 2.20 bits per heavy atom. The molecule has 15 heavy (non-hydrogen) atoms. The molecule has 0 spiro atoms. The Morgan fingerprint density at radius 1 is 1.53 bits per heavy atom. The maximum absolute atomic E-state index is 5.03. The van der Waals surface area contributed by atoms with E-state index in [0.717, 1.165) is 0 Å². The largest absolute Gasteiger partial charge is 0.354 e. The molecule has 0 aliphatic heterocycles. The van der Waals surface area contributed by atoms with Crippen LogP contribution in [0.3, 0.4) is 0 Å². The topological polar surface area (TPSA) is 30.8 Å². The number of hydrogen-bond acceptors (Lipinski definition) is 4. The number of aryl methyl sites for hydroxylation is 1. The Balaban J connectivity index is 2.50. The first-order valence-electron chi connectivity index (χ1n) is 4.79. The molecule has 0 atom stereocenters. The van der Waals surface area contributed by atoms with E-state index >= 15 is 0 Å². The second kappa shape index (κ2) is 6.05. The summed E-state index contributed by atoms with van der Waals surface area (Å²) in [6.45, 7) is 2.65. The molecule has 1 aromatic heterocycles. The smallest absolute Gasteiger partial charge is 0.176 e. The van der Waals surface area contributed by atoms with Crippen molar-refractivity contribution in [1.29, 1.82) is 0 Å². The van der Waals surface area contributed by atoms with Gasteiger partial charge < -0.3 is 9.47 Å². The Hall–Kier alpha value is -0.645. The van der Waals surface area contributed by atoms with Crippen LogP contribution in [0.1, 0.15) is 9.75 Å². The second-order valence-corrected chi connectivity index (χ2v) is 4.57. The van der Waals surface area contributed by atoms with Gasteiger partial charge in [-0.15, -0.1) is 11.3 Å². The summed E-state index contributed by atoms with van der Waals surface area (Å²) in [5.74, 6) is 0. The first kappa shape index (κ1) is 12.4. The number of nitrogens with zero attached hydrogens (tertiary/aromatic N) is 1. The van der Waals surface area contributed by atoms with Crippen molar-refractivity contribution in [2.45, 2.75) is 13.2 Å². The number of methoxy groups -OCH3 is 2. The van der Waals surface area contributed by atoms with E-state index < -0.39 is 0 Å². The van der Waals surface area contributed by atoms with Crippen molar-refractivity contribution >= 4 is 30.9 Å². The molecule has 0 saturated heterocycles. The Kier molecular flexibility index (Phi) is 5.01. The van der Waals surface area contributed by atoms with Crippen LogP contribution in [0.25, 0.3) is 0 Å². The fraction of sp³-hybridized carbons (Fsp3) is 0.500. The molecule has 0 radical (unpaired) electrons. The first-order valence-corrected chi connectivity index (χ1v) is 5.61. The fourth-order valence-corrected chi connectivity index (χ4v) is 2.08. The quantitative estimate of drug-likeness (QED) is 0.411. The minimum atomic E-state index is -0.247. The van der Waals surface area contributed by atoms with Gasteiger partial charge in [0, 0.05) is 25.3 Å². The lowest BCUT2D eigenvalue weighted by molar-refractivity contribution is -0.0936. The minimum absolute atomic E-state index is 0.247. The van der Waals surface area contributed by atoms with Gasteiger partial charge in [0.15, 0.2) is 6.29 Å². The lowest BCUT2D eigenvalue weighted by Gasteiger charge is -2.08. The van der Waals surface area contributed by atoms with E-state index in [2.05, 4.69) is 25.8 Å². The van der Waals surface area contributed by atoms with Crippen LogP contribution in [-0.2, 0) is 9.47 Å². The van der Waals surface area contributed by atoms with Gasteiger partial charge in [-0.2, -0.15) is 0 Å². The van der Waals surface area contributed by atoms with E-state index in [1.54, 1.807) is 25.6 Å². The van der Waals surface area contributed by atoms with Crippen LogP contribution in [0.15, 0.2) is 11.1 Å². The molecule has 0 fully saturated rings. The molecule has 1 heterocycles. The van der Waals surface area contributed by atoms with Crippen LogP contribution in [0.4, 0.5) is 0 Å². The van der Waals surface area contributed by atoms with Gasteiger partial charge in [-0.05, 0) is 17.9 Å². The summed E-state index contributed by atoms with van der Waals surface area (Å²) in [5.41, 5.74) is 1.32. The van der Waals surface area contributed by atoms with Crippen molar-refractivity contribution in [1.82, 2.24) is 0 Å². The lowest BCUT2D eigenvalue weighted by atomic mass is 9.97. The molecule has 0 aliphatic rings. The molecule has 0 bridgehead atoms. The lowest BCUT2D eigenvalue weighted by Crippen LogP contribution is -2.16. The maximum atomic E-state index is 5.03. The van der Waals surface area contributed by atoms with Gasteiger partial charge in [0.25, 0.3) is 0 Å². The molecule has 82 valence electrons. The number of rotatable bonds is 5. The van der Waals surface area contributed by atoms with Gasteiger partial charge in [-0.3, -0.25) is 4.99 Å². The summed E-state index contributed by atoms with van der Waals surface area (Å²) < 4.78 is 10.1. The SMILES string of the molecule is Bc1cc(/C=N/CC(OC)OC)sc1C. The number of thiophene rings is 1. The van der Waals surface area contributed by atoms with Crippen molar-refractivity contribution in [3.63, 3.8) is 0 Å². The maximum Gasteiger partial charge on any atom is 0.176 e. The molecule has 3 nitrogen and oxygen atoms in total. The summed E-state index contributed by atoms with van der Waals surface area (Å²) in [4.78, 5) is 6.79. The predicted molar refractivity (Wildman–Crippen MR) is 67.5 cm³/mol. The summed E-state index contributed by atoms with van der Waals surface area (Å²) in [6.07, 6.45) is 1.62. The first-order chi connectivity index (χ1) is 7.17. The third-order valence-corrected chi connectivity index (χ3v) is 3.27. The monoisotopic (exact) mass is 225 g/mol. The van der Waals surface area contributed by atoms with Crippen molar-refractivity contribution in [2.24, 2.45) is 4.99 Å². The predicted octanol–water partition coefficient (Wildman–Crippen LogP) is 0.353. The summed E-state index contributed by atoms with van der Waals surface area (Å²) >= 11 is 1.75. The van der Waals surface area contributed by atoms with Gasteiger partial charge in [0.1, 0.15) is 7.85 Å². The fourth-order valence-electron chi connectivity index (χ4n) is 1.14. The molecule has 0 unspecified atom stereocenters. The molecule has 0 aliphatic carbocycles. The molecule has 5 heteroatoms. The summed E-state index contributed by atoms with van der Waals surface area (Å²) in [7, 11) is 5.34. The van der Waals surface area contributed by atoms with Crippen molar-refractivity contribution in [3.8, 4) is 0 Å². The second-order valence-electron chi connectivity index (χ2n) is 3.28. The molecular weight excluding hydrogens is 209 g/mol. The van der Waals surface area contributed by atoms with E-state index in [1.807, 2.05) is 6.21 Å². The minimum Gasteiger partial charge on any atom is -0.354 e. The van der Waals surface area contributed by atoms with Crippen molar-refractivity contribution in [3.05, 3.63) is 15.8 Å². The third-order valence-electron chi connectivity index (χ3n) is 2.18. The van der Waals surface area contributed by atoms with Crippen LogP contribution in [0, 0.1) is 6.92 Å². The highest BCUT2D eigenvalue weighted by Gasteiger charge is 2.02. The number of aliphatic imine (C=N–C) groups is 1. The van der Waals surface area contributed by atoms with Crippen LogP contribution in [0.5, 0.6) is 0 Å². The van der Waals surface area contributed by atoms with Crippen LogP contribution in [-0.4, -0.2) is 41.1 Å². The van der Waals surface area contributed by atoms with E-state index in [9.17, 15) is 0 Å². The van der Waals surface area contributed by atoms with Crippen LogP contribution >= 0.6 is 11.3 Å². The zero-order valence-electron chi connectivity index (χ0n) is 9.61. The highest BCUT2D eigenvalue weighted by molar-refractivity contribution is 7.14. The highest BCUT2D eigenvalue weighted by atomic mass is 32.1. The Labute approximate surface area is 95.5 Å². The average molecular weight is 225 g/mol. The van der Waals surface area contributed by atoms with Gasteiger partial charge in [-0.1, -0.05) is 5.46 Å². The van der Waals surface area contributed by atoms with Crippen LogP contribution in [0.2, 0.25) is 0 Å². The molecule has 0 saturated carbocycles. The normalized spacial score (nSPS) is 11.7. The van der Waals surface area contributed by atoms with Gasteiger partial charge in [0.05, 0.1) is 6.54 Å². The van der Waals surface area contributed by atoms with Gasteiger partial charge in [-0.25, -0.2) is 0 Å². The Bertz CT molecular complexity index is 315. The van der Waals surface area contributed by atoms with E-state index in [-0.39, 0.29) is 6.29 Å². The zero-order chi connectivity index (χ0) is 11.3. The number of ether oxygens (including phenoxy) is 2. The summed E-state index contributed by atoms with van der Waals surface area (Å²) in [5, 5.41) is 0. The van der Waals surface area contributed by atoms with Gasteiger partial charge >= 0.3 is 0 Å². The van der Waals surface area contributed by atoms with E-state index in [4.69, 9.17) is 9.47 Å². The van der Waals surface area contributed by atoms with Crippen LogP contribution < -0.4 is 5.46 Å². The molecule has 1 rings (SSSR count). The van der Waals surface area contributed by atoms with Gasteiger partial charge in [0.2, 0.25) is 0 Å². The molecule has 0 N–H and O–H groups in total. The molecular formula is C10H16BNO2S.